The molecule has 0 spiro atoms. The highest BCUT2D eigenvalue weighted by atomic mass is 15.1. The first-order chi connectivity index (χ1) is 12.8. The van der Waals surface area contributed by atoms with Gasteiger partial charge in [0.2, 0.25) is 5.95 Å². The Bertz CT molecular complexity index is 926. The molecule has 142 valence electrons. The fourth-order valence-corrected chi connectivity index (χ4v) is 3.20. The third kappa shape index (κ3) is 4.18. The zero-order valence-electron chi connectivity index (χ0n) is 16.9. The number of aromatic nitrogens is 3. The lowest BCUT2D eigenvalue weighted by Gasteiger charge is -2.19. The molecular weight excluding hydrogens is 334 g/mol. The summed E-state index contributed by atoms with van der Waals surface area (Å²) in [6.45, 7) is 11.0. The minimum atomic E-state index is 0.120. The number of fused-ring (bicyclic) bond motifs is 1. The average Bonchev–Trinajstić information content (AvgIpc) is 2.61. The third-order valence-corrected chi connectivity index (χ3v) is 4.81. The molecule has 0 fully saturated rings. The van der Waals surface area contributed by atoms with E-state index in [1.54, 1.807) is 12.4 Å². The maximum absolute atomic E-state index is 6.07. The lowest BCUT2D eigenvalue weighted by Crippen LogP contribution is -2.16. The van der Waals surface area contributed by atoms with E-state index in [0.717, 1.165) is 34.9 Å². The summed E-state index contributed by atoms with van der Waals surface area (Å²) in [5, 5.41) is 4.16. The second-order valence-corrected chi connectivity index (χ2v) is 8.17. The first kappa shape index (κ1) is 19.1. The van der Waals surface area contributed by atoms with E-state index >= 15 is 0 Å². The van der Waals surface area contributed by atoms with Gasteiger partial charge < -0.3 is 11.1 Å². The molecule has 0 aliphatic rings. The van der Waals surface area contributed by atoms with Crippen molar-refractivity contribution in [2.24, 2.45) is 0 Å². The van der Waals surface area contributed by atoms with Crippen LogP contribution in [0.2, 0.25) is 0 Å². The standard InChI is InChI=1S/C22H29N5/c1-6-7-14(2)26-21-25-13-18-19(27-21)17(12-24-20(18)23)15-8-10-16(11-9-15)22(3,4)5/h8-14H,6-7H2,1-5H3,(H2,23,24)(H,25,26,27). The van der Waals surface area contributed by atoms with Crippen LogP contribution in [0, 0.1) is 0 Å². The second-order valence-electron chi connectivity index (χ2n) is 8.17. The number of nitrogen functional groups attached to an aromatic ring is 1. The van der Waals surface area contributed by atoms with Gasteiger partial charge in [-0.1, -0.05) is 58.4 Å². The van der Waals surface area contributed by atoms with E-state index in [1.807, 2.05) is 0 Å². The van der Waals surface area contributed by atoms with Crippen LogP contribution in [-0.4, -0.2) is 21.0 Å². The highest BCUT2D eigenvalue weighted by Crippen LogP contribution is 2.31. The molecule has 0 aliphatic carbocycles. The van der Waals surface area contributed by atoms with Crippen LogP contribution in [0.3, 0.4) is 0 Å². The molecule has 3 aromatic rings. The van der Waals surface area contributed by atoms with Gasteiger partial charge in [0.1, 0.15) is 5.82 Å². The van der Waals surface area contributed by atoms with Crippen molar-refractivity contribution in [2.75, 3.05) is 11.1 Å². The van der Waals surface area contributed by atoms with E-state index in [2.05, 4.69) is 74.2 Å². The van der Waals surface area contributed by atoms with Crippen LogP contribution in [0.25, 0.3) is 22.0 Å². The zero-order chi connectivity index (χ0) is 19.6. The first-order valence-corrected chi connectivity index (χ1v) is 9.58. The first-order valence-electron chi connectivity index (χ1n) is 9.58. The van der Waals surface area contributed by atoms with Gasteiger partial charge in [-0.2, -0.15) is 0 Å². The van der Waals surface area contributed by atoms with Gasteiger partial charge in [-0.3, -0.25) is 0 Å². The number of nitrogens with two attached hydrogens (primary N) is 1. The van der Waals surface area contributed by atoms with Crippen LogP contribution >= 0.6 is 0 Å². The summed E-state index contributed by atoms with van der Waals surface area (Å²) in [6.07, 6.45) is 5.75. The molecule has 0 aliphatic heterocycles. The quantitative estimate of drug-likeness (QED) is 0.654. The predicted octanol–water partition coefficient (Wildman–Crippen LogP) is 5.17. The van der Waals surface area contributed by atoms with E-state index in [9.17, 15) is 0 Å². The maximum atomic E-state index is 6.07. The highest BCUT2D eigenvalue weighted by molar-refractivity contribution is 5.98. The molecule has 0 radical (unpaired) electrons. The van der Waals surface area contributed by atoms with Crippen molar-refractivity contribution in [1.82, 2.24) is 15.0 Å². The Morgan fingerprint density at radius 3 is 2.41 bits per heavy atom. The van der Waals surface area contributed by atoms with Gasteiger partial charge in [-0.15, -0.1) is 0 Å². The van der Waals surface area contributed by atoms with Crippen LogP contribution in [-0.2, 0) is 5.41 Å². The molecular formula is C22H29N5. The van der Waals surface area contributed by atoms with Gasteiger partial charge in [0.05, 0.1) is 10.9 Å². The lowest BCUT2D eigenvalue weighted by atomic mass is 9.86. The molecule has 5 heteroatoms. The Labute approximate surface area is 161 Å². The minimum Gasteiger partial charge on any atom is -0.383 e. The number of anilines is 2. The molecule has 5 nitrogen and oxygen atoms in total. The van der Waals surface area contributed by atoms with Gasteiger partial charge >= 0.3 is 0 Å². The van der Waals surface area contributed by atoms with E-state index in [0.29, 0.717) is 17.8 Å². The van der Waals surface area contributed by atoms with Gasteiger partial charge in [-0.25, -0.2) is 15.0 Å². The smallest absolute Gasteiger partial charge is 0.223 e. The highest BCUT2D eigenvalue weighted by Gasteiger charge is 2.15. The number of benzene rings is 1. The topological polar surface area (TPSA) is 76.7 Å². The summed E-state index contributed by atoms with van der Waals surface area (Å²) in [7, 11) is 0. The Kier molecular flexibility index (Phi) is 5.31. The van der Waals surface area contributed by atoms with Crippen molar-refractivity contribution >= 4 is 22.7 Å². The number of hydrogen-bond donors (Lipinski definition) is 2. The molecule has 0 saturated heterocycles. The summed E-state index contributed by atoms with van der Waals surface area (Å²) in [5.41, 5.74) is 10.4. The summed E-state index contributed by atoms with van der Waals surface area (Å²) < 4.78 is 0. The van der Waals surface area contributed by atoms with Crippen molar-refractivity contribution in [3.63, 3.8) is 0 Å². The number of nitrogens with zero attached hydrogens (tertiary/aromatic N) is 3. The summed E-state index contributed by atoms with van der Waals surface area (Å²) in [5.74, 6) is 1.08. The molecule has 3 N–H and O–H groups in total. The molecule has 1 aromatic carbocycles. The number of hydrogen-bond acceptors (Lipinski definition) is 5. The molecule has 0 amide bonds. The Morgan fingerprint density at radius 1 is 1.07 bits per heavy atom. The summed E-state index contributed by atoms with van der Waals surface area (Å²) in [6, 6.07) is 8.91. The maximum Gasteiger partial charge on any atom is 0.223 e. The summed E-state index contributed by atoms with van der Waals surface area (Å²) in [4.78, 5) is 13.5. The van der Waals surface area contributed by atoms with E-state index in [-0.39, 0.29) is 5.41 Å². The molecule has 27 heavy (non-hydrogen) atoms. The minimum absolute atomic E-state index is 0.120. The predicted molar refractivity (Wildman–Crippen MR) is 114 cm³/mol. The number of nitrogens with one attached hydrogen (secondary N) is 1. The molecule has 0 saturated carbocycles. The van der Waals surface area contributed by atoms with Crippen molar-refractivity contribution in [3.8, 4) is 11.1 Å². The van der Waals surface area contributed by atoms with Crippen LogP contribution in [0.4, 0.5) is 11.8 Å². The van der Waals surface area contributed by atoms with E-state index in [1.165, 1.54) is 5.56 Å². The van der Waals surface area contributed by atoms with Crippen LogP contribution in [0.1, 0.15) is 53.0 Å². The molecule has 3 rings (SSSR count). The van der Waals surface area contributed by atoms with Crippen molar-refractivity contribution in [3.05, 3.63) is 42.2 Å². The van der Waals surface area contributed by atoms with Gasteiger partial charge in [-0.05, 0) is 29.9 Å². The zero-order valence-corrected chi connectivity index (χ0v) is 16.9. The van der Waals surface area contributed by atoms with Crippen LogP contribution in [0.5, 0.6) is 0 Å². The van der Waals surface area contributed by atoms with Crippen LogP contribution < -0.4 is 11.1 Å². The van der Waals surface area contributed by atoms with Gasteiger partial charge in [0.25, 0.3) is 0 Å². The fourth-order valence-electron chi connectivity index (χ4n) is 3.20. The SMILES string of the molecule is CCCC(C)Nc1ncc2c(N)ncc(-c3ccc(C(C)(C)C)cc3)c2n1. The van der Waals surface area contributed by atoms with Crippen molar-refractivity contribution < 1.29 is 0 Å². The van der Waals surface area contributed by atoms with Crippen LogP contribution in [0.15, 0.2) is 36.7 Å². The second kappa shape index (κ2) is 7.51. The van der Waals surface area contributed by atoms with E-state index in [4.69, 9.17) is 10.7 Å². The molecule has 1 unspecified atom stereocenters. The largest absolute Gasteiger partial charge is 0.383 e. The third-order valence-electron chi connectivity index (χ3n) is 4.81. The number of pyridine rings is 1. The average molecular weight is 364 g/mol. The normalized spacial score (nSPS) is 12.9. The fraction of sp³-hybridized carbons (Fsp3) is 0.409. The Hall–Kier alpha value is -2.69. The molecule has 2 heterocycles. The molecule has 1 atom stereocenters. The Balaban J connectivity index is 2.05. The van der Waals surface area contributed by atoms with Gasteiger partial charge in [0.15, 0.2) is 0 Å². The summed E-state index contributed by atoms with van der Waals surface area (Å²) >= 11 is 0. The van der Waals surface area contributed by atoms with Crippen molar-refractivity contribution in [1.29, 1.82) is 0 Å². The number of rotatable bonds is 5. The lowest BCUT2D eigenvalue weighted by molar-refractivity contribution is 0.590. The van der Waals surface area contributed by atoms with Gasteiger partial charge in [0, 0.05) is 24.0 Å². The molecule has 2 aromatic heterocycles. The van der Waals surface area contributed by atoms with E-state index < -0.39 is 0 Å². The monoisotopic (exact) mass is 363 g/mol. The Morgan fingerprint density at radius 2 is 1.78 bits per heavy atom. The molecule has 0 bridgehead atoms. The van der Waals surface area contributed by atoms with Crippen molar-refractivity contribution in [2.45, 2.75) is 58.9 Å².